The maximum atomic E-state index is 12.4. The summed E-state index contributed by atoms with van der Waals surface area (Å²) in [6.45, 7) is 5.49. The van der Waals surface area contributed by atoms with Crippen molar-refractivity contribution in [2.45, 2.75) is 26.8 Å². The molecule has 0 fully saturated rings. The maximum absolute atomic E-state index is 12.4. The van der Waals surface area contributed by atoms with Crippen molar-refractivity contribution in [3.05, 3.63) is 54.1 Å². The largest absolute Gasteiger partial charge is 0.490 e. The molecule has 0 bridgehead atoms. The number of likely N-dealkylation sites (N-methyl/N-ethyl adjacent to an activating group) is 1. The highest BCUT2D eigenvalue weighted by atomic mass is 16.5. The van der Waals surface area contributed by atoms with Crippen LogP contribution < -0.4 is 25.4 Å². The molecule has 0 saturated carbocycles. The summed E-state index contributed by atoms with van der Waals surface area (Å²) in [5, 5.41) is 7.74. The molecule has 0 aliphatic heterocycles. The Balaban J connectivity index is 1.72. The van der Waals surface area contributed by atoms with Crippen LogP contribution in [0.25, 0.3) is 0 Å². The van der Waals surface area contributed by atoms with Crippen molar-refractivity contribution in [3.63, 3.8) is 0 Å². The molecule has 0 aliphatic carbocycles. The molecule has 0 aliphatic rings. The molecule has 3 N–H and O–H groups in total. The fourth-order valence-electron chi connectivity index (χ4n) is 2.96. The van der Waals surface area contributed by atoms with E-state index in [2.05, 4.69) is 16.0 Å². The molecule has 0 heterocycles. The van der Waals surface area contributed by atoms with Gasteiger partial charge in [-0.3, -0.25) is 19.8 Å². The predicted octanol–water partition coefficient (Wildman–Crippen LogP) is 2.77. The third-order valence-corrected chi connectivity index (χ3v) is 4.51. The highest BCUT2D eigenvalue weighted by Gasteiger charge is 2.13. The number of hydrogen-bond donors (Lipinski definition) is 3. The molecule has 9 nitrogen and oxygen atoms in total. The summed E-state index contributed by atoms with van der Waals surface area (Å²) < 4.78 is 11.1. The van der Waals surface area contributed by atoms with Gasteiger partial charge in [0.1, 0.15) is 0 Å². The standard InChI is InChI=1S/C24H32N4O5/c1-4-32-20-12-11-19(15-21(20)33-5-2)26-23(30)17-28(3)14-13-22(29)27-24(31)25-16-18-9-7-6-8-10-18/h6-12,15H,4-5,13-14,16-17H2,1-3H3,(H,26,30)(H2,25,27,29,31). The molecule has 2 aromatic carbocycles. The van der Waals surface area contributed by atoms with E-state index < -0.39 is 11.9 Å². The Morgan fingerprint density at radius 2 is 1.61 bits per heavy atom. The van der Waals surface area contributed by atoms with Gasteiger partial charge >= 0.3 is 6.03 Å². The first kappa shape index (κ1) is 25.7. The van der Waals surface area contributed by atoms with Gasteiger partial charge in [0.2, 0.25) is 11.8 Å². The van der Waals surface area contributed by atoms with Gasteiger partial charge in [0, 0.05) is 31.3 Å². The van der Waals surface area contributed by atoms with E-state index in [-0.39, 0.29) is 18.9 Å². The molecule has 0 aromatic heterocycles. The van der Waals surface area contributed by atoms with Crippen LogP contribution in [0.2, 0.25) is 0 Å². The zero-order chi connectivity index (χ0) is 24.1. The summed E-state index contributed by atoms with van der Waals surface area (Å²) in [7, 11) is 1.73. The summed E-state index contributed by atoms with van der Waals surface area (Å²) in [5.74, 6) is 0.534. The zero-order valence-electron chi connectivity index (χ0n) is 19.3. The van der Waals surface area contributed by atoms with Crippen molar-refractivity contribution in [1.82, 2.24) is 15.5 Å². The number of ether oxygens (including phenoxy) is 2. The van der Waals surface area contributed by atoms with E-state index in [4.69, 9.17) is 9.47 Å². The lowest BCUT2D eigenvalue weighted by molar-refractivity contribution is -0.121. The summed E-state index contributed by atoms with van der Waals surface area (Å²) >= 11 is 0. The first-order valence-electron chi connectivity index (χ1n) is 10.9. The quantitative estimate of drug-likeness (QED) is 0.453. The molecule has 0 radical (unpaired) electrons. The maximum Gasteiger partial charge on any atom is 0.321 e. The Hall–Kier alpha value is -3.59. The number of nitrogens with one attached hydrogen (secondary N) is 3. The van der Waals surface area contributed by atoms with Gasteiger partial charge in [-0.2, -0.15) is 0 Å². The fraction of sp³-hybridized carbons (Fsp3) is 0.375. The lowest BCUT2D eigenvalue weighted by Gasteiger charge is -2.17. The van der Waals surface area contributed by atoms with Crippen molar-refractivity contribution >= 4 is 23.5 Å². The molecule has 2 aromatic rings. The van der Waals surface area contributed by atoms with Gasteiger partial charge in [-0.25, -0.2) is 4.79 Å². The zero-order valence-corrected chi connectivity index (χ0v) is 19.3. The smallest absolute Gasteiger partial charge is 0.321 e. The van der Waals surface area contributed by atoms with E-state index in [1.807, 2.05) is 44.2 Å². The van der Waals surface area contributed by atoms with Crippen LogP contribution in [0.1, 0.15) is 25.8 Å². The van der Waals surface area contributed by atoms with Crippen LogP contribution >= 0.6 is 0 Å². The number of carbonyl (C=O) groups excluding carboxylic acids is 3. The Morgan fingerprint density at radius 1 is 0.909 bits per heavy atom. The van der Waals surface area contributed by atoms with Gasteiger partial charge in [0.25, 0.3) is 0 Å². The van der Waals surface area contributed by atoms with Crippen LogP contribution in [0.3, 0.4) is 0 Å². The lowest BCUT2D eigenvalue weighted by Crippen LogP contribution is -2.40. The number of rotatable bonds is 12. The van der Waals surface area contributed by atoms with Crippen LogP contribution in [-0.4, -0.2) is 56.1 Å². The molecule has 178 valence electrons. The summed E-state index contributed by atoms with van der Waals surface area (Å²) in [6.07, 6.45) is 0.0834. The minimum Gasteiger partial charge on any atom is -0.490 e. The molecular weight excluding hydrogens is 424 g/mol. The van der Waals surface area contributed by atoms with Crippen LogP contribution in [0, 0.1) is 0 Å². The molecule has 4 amide bonds. The van der Waals surface area contributed by atoms with E-state index in [0.717, 1.165) is 5.56 Å². The number of anilines is 1. The topological polar surface area (TPSA) is 109 Å². The third-order valence-electron chi connectivity index (χ3n) is 4.51. The number of nitrogens with zero attached hydrogens (tertiary/aromatic N) is 1. The average molecular weight is 457 g/mol. The third kappa shape index (κ3) is 9.61. The van der Waals surface area contributed by atoms with Gasteiger partial charge in [0.05, 0.1) is 19.8 Å². The van der Waals surface area contributed by atoms with Crippen molar-refractivity contribution in [1.29, 1.82) is 0 Å². The SMILES string of the molecule is CCOc1ccc(NC(=O)CN(C)CCC(=O)NC(=O)NCc2ccccc2)cc1OCC. The number of imide groups is 1. The Labute approximate surface area is 194 Å². The highest BCUT2D eigenvalue weighted by molar-refractivity contribution is 5.94. The molecule has 2 rings (SSSR count). The summed E-state index contributed by atoms with van der Waals surface area (Å²) in [5.41, 5.74) is 1.53. The van der Waals surface area contributed by atoms with Gasteiger partial charge in [0.15, 0.2) is 11.5 Å². The van der Waals surface area contributed by atoms with Crippen LogP contribution in [-0.2, 0) is 16.1 Å². The minimum atomic E-state index is -0.551. The van der Waals surface area contributed by atoms with Gasteiger partial charge in [-0.15, -0.1) is 0 Å². The lowest BCUT2D eigenvalue weighted by atomic mass is 10.2. The first-order chi connectivity index (χ1) is 15.9. The van der Waals surface area contributed by atoms with Crippen LogP contribution in [0.15, 0.2) is 48.5 Å². The van der Waals surface area contributed by atoms with Crippen LogP contribution in [0.4, 0.5) is 10.5 Å². The predicted molar refractivity (Wildman–Crippen MR) is 126 cm³/mol. The second-order valence-corrected chi connectivity index (χ2v) is 7.28. The molecule has 0 unspecified atom stereocenters. The van der Waals surface area contributed by atoms with Gasteiger partial charge < -0.3 is 20.1 Å². The summed E-state index contributed by atoms with van der Waals surface area (Å²) in [4.78, 5) is 37.9. The second-order valence-electron chi connectivity index (χ2n) is 7.28. The Morgan fingerprint density at radius 3 is 2.30 bits per heavy atom. The summed E-state index contributed by atoms with van der Waals surface area (Å²) in [6, 6.07) is 14.1. The van der Waals surface area contributed by atoms with Crippen molar-refractivity contribution in [3.8, 4) is 11.5 Å². The fourth-order valence-corrected chi connectivity index (χ4v) is 2.96. The van der Waals surface area contributed by atoms with E-state index in [1.54, 1.807) is 30.1 Å². The number of urea groups is 1. The Bertz CT molecular complexity index is 920. The molecule has 0 atom stereocenters. The van der Waals surface area contributed by atoms with Crippen LogP contribution in [0.5, 0.6) is 11.5 Å². The van der Waals surface area contributed by atoms with Gasteiger partial charge in [-0.05, 0) is 38.6 Å². The normalized spacial score (nSPS) is 10.4. The Kier molecular flexibility index (Phi) is 10.7. The van der Waals surface area contributed by atoms with Crippen molar-refractivity contribution in [2.75, 3.05) is 38.7 Å². The number of amides is 4. The van der Waals surface area contributed by atoms with Gasteiger partial charge in [-0.1, -0.05) is 30.3 Å². The van der Waals surface area contributed by atoms with E-state index in [0.29, 0.717) is 43.5 Å². The second kappa shape index (κ2) is 13.7. The highest BCUT2D eigenvalue weighted by Crippen LogP contribution is 2.30. The average Bonchev–Trinajstić information content (AvgIpc) is 2.79. The van der Waals surface area contributed by atoms with E-state index >= 15 is 0 Å². The molecule has 0 saturated heterocycles. The number of benzene rings is 2. The number of hydrogen-bond acceptors (Lipinski definition) is 6. The molecule has 9 heteroatoms. The minimum absolute atomic E-state index is 0.0834. The van der Waals surface area contributed by atoms with Crippen molar-refractivity contribution in [2.24, 2.45) is 0 Å². The molecule has 0 spiro atoms. The monoisotopic (exact) mass is 456 g/mol. The number of carbonyl (C=O) groups is 3. The molecular formula is C24H32N4O5. The van der Waals surface area contributed by atoms with E-state index in [9.17, 15) is 14.4 Å². The van der Waals surface area contributed by atoms with E-state index in [1.165, 1.54) is 0 Å². The first-order valence-corrected chi connectivity index (χ1v) is 10.9. The molecule has 33 heavy (non-hydrogen) atoms. The van der Waals surface area contributed by atoms with Crippen molar-refractivity contribution < 1.29 is 23.9 Å².